The second-order valence-corrected chi connectivity index (χ2v) is 4.47. The van der Waals surface area contributed by atoms with Crippen LogP contribution in [0.5, 0.6) is 0 Å². The van der Waals surface area contributed by atoms with Gasteiger partial charge in [0.1, 0.15) is 0 Å². The predicted octanol–water partition coefficient (Wildman–Crippen LogP) is 3.34. The zero-order chi connectivity index (χ0) is 11.9. The average molecular weight is 215 g/mol. The summed E-state index contributed by atoms with van der Waals surface area (Å²) in [7, 11) is 1.40. The molecule has 0 saturated heterocycles. The number of hydrogen-bond acceptors (Lipinski definition) is 2. The summed E-state index contributed by atoms with van der Waals surface area (Å²) in [4.78, 5) is 11.1. The standard InChI is InChI=1S/C12H25NO2/c1-6-8-9-12(4,7-2)10(3)13-11(14)15-5/h10H,6-9H2,1-5H3,(H,13,14). The summed E-state index contributed by atoms with van der Waals surface area (Å²) >= 11 is 0. The first kappa shape index (κ1) is 14.3. The van der Waals surface area contributed by atoms with Gasteiger partial charge in [-0.2, -0.15) is 0 Å². The Bertz CT molecular complexity index is 194. The molecular weight excluding hydrogens is 190 g/mol. The molecule has 0 aromatic carbocycles. The van der Waals surface area contributed by atoms with Gasteiger partial charge in [-0.25, -0.2) is 4.79 Å². The van der Waals surface area contributed by atoms with Crippen LogP contribution >= 0.6 is 0 Å². The van der Waals surface area contributed by atoms with Crippen LogP contribution in [0, 0.1) is 5.41 Å². The van der Waals surface area contributed by atoms with Crippen molar-refractivity contribution in [3.8, 4) is 0 Å². The van der Waals surface area contributed by atoms with E-state index in [4.69, 9.17) is 0 Å². The molecule has 0 fully saturated rings. The maximum absolute atomic E-state index is 11.1. The van der Waals surface area contributed by atoms with E-state index < -0.39 is 0 Å². The van der Waals surface area contributed by atoms with E-state index in [-0.39, 0.29) is 17.6 Å². The SMILES string of the molecule is CCCCC(C)(CC)C(C)NC(=O)OC. The summed E-state index contributed by atoms with van der Waals surface area (Å²) < 4.78 is 4.61. The van der Waals surface area contributed by atoms with Gasteiger partial charge in [-0.3, -0.25) is 0 Å². The van der Waals surface area contributed by atoms with Gasteiger partial charge in [-0.15, -0.1) is 0 Å². The quantitative estimate of drug-likeness (QED) is 0.738. The highest BCUT2D eigenvalue weighted by atomic mass is 16.5. The van der Waals surface area contributed by atoms with Crippen LogP contribution in [-0.2, 0) is 4.74 Å². The Hall–Kier alpha value is -0.730. The maximum atomic E-state index is 11.1. The van der Waals surface area contributed by atoms with Gasteiger partial charge in [0.2, 0.25) is 0 Å². The molecule has 0 aliphatic rings. The molecule has 3 heteroatoms. The van der Waals surface area contributed by atoms with Crippen LogP contribution < -0.4 is 5.32 Å². The lowest BCUT2D eigenvalue weighted by Crippen LogP contribution is -2.44. The number of amides is 1. The third kappa shape index (κ3) is 4.54. The van der Waals surface area contributed by atoms with Crippen molar-refractivity contribution in [2.45, 2.75) is 59.4 Å². The van der Waals surface area contributed by atoms with Gasteiger partial charge in [0.25, 0.3) is 0 Å². The van der Waals surface area contributed by atoms with Crippen molar-refractivity contribution in [1.29, 1.82) is 0 Å². The van der Waals surface area contributed by atoms with Crippen LogP contribution in [-0.4, -0.2) is 19.2 Å². The Balaban J connectivity index is 4.29. The molecule has 3 nitrogen and oxygen atoms in total. The van der Waals surface area contributed by atoms with Crippen LogP contribution in [0.1, 0.15) is 53.4 Å². The molecule has 2 unspecified atom stereocenters. The van der Waals surface area contributed by atoms with Gasteiger partial charge in [-0.1, -0.05) is 33.6 Å². The molecule has 0 radical (unpaired) electrons. The van der Waals surface area contributed by atoms with Crippen molar-refractivity contribution in [3.63, 3.8) is 0 Å². The lowest BCUT2D eigenvalue weighted by molar-refractivity contribution is 0.143. The van der Waals surface area contributed by atoms with Crippen LogP contribution in [0.4, 0.5) is 4.79 Å². The summed E-state index contributed by atoms with van der Waals surface area (Å²) in [6, 6.07) is 0.154. The Labute approximate surface area is 93.6 Å². The number of methoxy groups -OCH3 is 1. The Morgan fingerprint density at radius 1 is 1.47 bits per heavy atom. The normalized spacial score (nSPS) is 16.6. The van der Waals surface area contributed by atoms with Gasteiger partial charge >= 0.3 is 6.09 Å². The van der Waals surface area contributed by atoms with Crippen LogP contribution in [0.25, 0.3) is 0 Å². The zero-order valence-electron chi connectivity index (χ0n) is 10.7. The third-order valence-electron chi connectivity index (χ3n) is 3.47. The Kier molecular flexibility index (Phi) is 6.37. The van der Waals surface area contributed by atoms with E-state index >= 15 is 0 Å². The highest BCUT2D eigenvalue weighted by Crippen LogP contribution is 2.32. The number of nitrogens with one attached hydrogen (secondary N) is 1. The molecule has 0 bridgehead atoms. The minimum absolute atomic E-state index is 0.154. The molecule has 0 rings (SSSR count). The molecule has 2 atom stereocenters. The molecule has 15 heavy (non-hydrogen) atoms. The highest BCUT2D eigenvalue weighted by Gasteiger charge is 2.29. The van der Waals surface area contributed by atoms with Crippen molar-refractivity contribution in [2.24, 2.45) is 5.41 Å². The molecule has 1 N–H and O–H groups in total. The number of alkyl carbamates (subject to hydrolysis) is 1. The molecule has 0 aromatic rings. The van der Waals surface area contributed by atoms with E-state index in [0.717, 1.165) is 12.8 Å². The first-order valence-electron chi connectivity index (χ1n) is 5.84. The molecule has 90 valence electrons. The lowest BCUT2D eigenvalue weighted by atomic mass is 9.76. The Morgan fingerprint density at radius 2 is 2.07 bits per heavy atom. The molecule has 0 spiro atoms. The second kappa shape index (κ2) is 6.70. The van der Waals surface area contributed by atoms with Gasteiger partial charge in [0.15, 0.2) is 0 Å². The molecule has 1 amide bonds. The van der Waals surface area contributed by atoms with E-state index in [9.17, 15) is 4.79 Å². The fraction of sp³-hybridized carbons (Fsp3) is 0.917. The Morgan fingerprint density at radius 3 is 2.47 bits per heavy atom. The number of ether oxygens (including phenoxy) is 1. The number of hydrogen-bond donors (Lipinski definition) is 1. The molecular formula is C12H25NO2. The van der Waals surface area contributed by atoms with Gasteiger partial charge < -0.3 is 10.1 Å². The summed E-state index contributed by atoms with van der Waals surface area (Å²) in [6.07, 6.45) is 4.28. The van der Waals surface area contributed by atoms with Gasteiger partial charge in [-0.05, 0) is 25.2 Å². The molecule has 0 saturated carbocycles. The van der Waals surface area contributed by atoms with Gasteiger partial charge in [0, 0.05) is 6.04 Å². The van der Waals surface area contributed by atoms with E-state index in [1.807, 2.05) is 0 Å². The fourth-order valence-electron chi connectivity index (χ4n) is 1.69. The first-order valence-corrected chi connectivity index (χ1v) is 5.84. The van der Waals surface area contributed by atoms with Crippen molar-refractivity contribution in [1.82, 2.24) is 5.32 Å². The van der Waals surface area contributed by atoms with Crippen LogP contribution in [0.15, 0.2) is 0 Å². The van der Waals surface area contributed by atoms with Crippen LogP contribution in [0.3, 0.4) is 0 Å². The minimum Gasteiger partial charge on any atom is -0.453 e. The zero-order valence-corrected chi connectivity index (χ0v) is 10.7. The summed E-state index contributed by atoms with van der Waals surface area (Å²) in [5, 5.41) is 2.87. The first-order chi connectivity index (χ1) is 7.00. The molecule has 0 heterocycles. The maximum Gasteiger partial charge on any atom is 0.407 e. The van der Waals surface area contributed by atoms with Gasteiger partial charge in [0.05, 0.1) is 7.11 Å². The molecule has 0 aliphatic carbocycles. The summed E-state index contributed by atoms with van der Waals surface area (Å²) in [6.45, 7) is 8.64. The van der Waals surface area contributed by atoms with Crippen molar-refractivity contribution in [3.05, 3.63) is 0 Å². The summed E-state index contributed by atoms with van der Waals surface area (Å²) in [5.41, 5.74) is 0.171. The smallest absolute Gasteiger partial charge is 0.407 e. The lowest BCUT2D eigenvalue weighted by Gasteiger charge is -2.35. The fourth-order valence-corrected chi connectivity index (χ4v) is 1.69. The summed E-state index contributed by atoms with van der Waals surface area (Å²) in [5.74, 6) is 0. The van der Waals surface area contributed by atoms with E-state index in [1.54, 1.807) is 0 Å². The molecule has 0 aliphatic heterocycles. The van der Waals surface area contributed by atoms with Crippen molar-refractivity contribution >= 4 is 6.09 Å². The monoisotopic (exact) mass is 215 g/mol. The van der Waals surface area contributed by atoms with E-state index in [0.29, 0.717) is 0 Å². The van der Waals surface area contributed by atoms with E-state index in [1.165, 1.54) is 20.0 Å². The van der Waals surface area contributed by atoms with E-state index in [2.05, 4.69) is 37.7 Å². The predicted molar refractivity (Wildman–Crippen MR) is 62.9 cm³/mol. The minimum atomic E-state index is -0.335. The average Bonchev–Trinajstić information content (AvgIpc) is 2.25. The van der Waals surface area contributed by atoms with Crippen molar-refractivity contribution < 1.29 is 9.53 Å². The number of carbonyl (C=O) groups is 1. The molecule has 0 aromatic heterocycles. The number of unbranched alkanes of at least 4 members (excludes halogenated alkanes) is 1. The second-order valence-electron chi connectivity index (χ2n) is 4.47. The highest BCUT2D eigenvalue weighted by molar-refractivity contribution is 5.67. The van der Waals surface area contributed by atoms with Crippen LogP contribution in [0.2, 0.25) is 0 Å². The number of rotatable bonds is 6. The number of carbonyl (C=O) groups excluding carboxylic acids is 1. The topological polar surface area (TPSA) is 38.3 Å². The third-order valence-corrected chi connectivity index (χ3v) is 3.47. The van der Waals surface area contributed by atoms with Crippen molar-refractivity contribution in [2.75, 3.05) is 7.11 Å². The largest absolute Gasteiger partial charge is 0.453 e.